The second kappa shape index (κ2) is 7.61. The summed E-state index contributed by atoms with van der Waals surface area (Å²) in [4.78, 5) is 19.4. The van der Waals surface area contributed by atoms with E-state index in [0.29, 0.717) is 29.9 Å². The average Bonchev–Trinajstić information content (AvgIpc) is 2.52. The van der Waals surface area contributed by atoms with Crippen molar-refractivity contribution in [1.29, 1.82) is 0 Å². The summed E-state index contributed by atoms with van der Waals surface area (Å²) >= 11 is 6.08. The third-order valence-electron chi connectivity index (χ3n) is 2.86. The van der Waals surface area contributed by atoms with Gasteiger partial charge in [0.15, 0.2) is 0 Å². The summed E-state index contributed by atoms with van der Waals surface area (Å²) < 4.78 is 5.59. The minimum absolute atomic E-state index is 0.267. The van der Waals surface area contributed by atoms with Crippen LogP contribution in [0.3, 0.4) is 0 Å². The first-order valence-corrected chi connectivity index (χ1v) is 7.25. The van der Waals surface area contributed by atoms with Gasteiger partial charge in [0.05, 0.1) is 17.2 Å². The Labute approximate surface area is 133 Å². The second-order valence-electron chi connectivity index (χ2n) is 4.59. The van der Waals surface area contributed by atoms with Gasteiger partial charge >= 0.3 is 0 Å². The summed E-state index contributed by atoms with van der Waals surface area (Å²) in [6, 6.07) is 5.23. The molecule has 2 aromatic rings. The Bertz CT molecular complexity index is 664. The van der Waals surface area contributed by atoms with Crippen molar-refractivity contribution in [3.05, 3.63) is 46.7 Å². The SMILES string of the molecule is CCCOc1ncccc1CNc1ncc(C(N)=O)cc1Cl. The largest absolute Gasteiger partial charge is 0.477 e. The van der Waals surface area contributed by atoms with Gasteiger partial charge < -0.3 is 15.8 Å². The van der Waals surface area contributed by atoms with E-state index in [4.69, 9.17) is 22.1 Å². The Morgan fingerprint density at radius 2 is 2.27 bits per heavy atom. The van der Waals surface area contributed by atoms with Gasteiger partial charge in [-0.1, -0.05) is 24.6 Å². The first kappa shape index (κ1) is 16.0. The number of nitrogens with one attached hydrogen (secondary N) is 1. The van der Waals surface area contributed by atoms with Gasteiger partial charge in [-0.05, 0) is 18.6 Å². The fourth-order valence-electron chi connectivity index (χ4n) is 1.77. The zero-order valence-electron chi connectivity index (χ0n) is 12.2. The van der Waals surface area contributed by atoms with Gasteiger partial charge in [-0.3, -0.25) is 4.79 Å². The maximum absolute atomic E-state index is 11.1. The smallest absolute Gasteiger partial charge is 0.250 e. The van der Waals surface area contributed by atoms with Gasteiger partial charge in [-0.25, -0.2) is 9.97 Å². The molecule has 0 bridgehead atoms. The highest BCUT2D eigenvalue weighted by Gasteiger charge is 2.09. The highest BCUT2D eigenvalue weighted by Crippen LogP contribution is 2.22. The number of aromatic nitrogens is 2. The molecule has 0 aliphatic rings. The van der Waals surface area contributed by atoms with Crippen LogP contribution < -0.4 is 15.8 Å². The third-order valence-corrected chi connectivity index (χ3v) is 3.15. The van der Waals surface area contributed by atoms with Crippen LogP contribution in [0.4, 0.5) is 5.82 Å². The molecule has 7 heteroatoms. The highest BCUT2D eigenvalue weighted by molar-refractivity contribution is 6.33. The summed E-state index contributed by atoms with van der Waals surface area (Å²) in [6.45, 7) is 3.09. The molecule has 6 nitrogen and oxygen atoms in total. The van der Waals surface area contributed by atoms with Gasteiger partial charge in [-0.2, -0.15) is 0 Å². The van der Waals surface area contributed by atoms with E-state index in [2.05, 4.69) is 15.3 Å². The lowest BCUT2D eigenvalue weighted by atomic mass is 10.2. The average molecular weight is 321 g/mol. The third kappa shape index (κ3) is 4.08. The number of hydrogen-bond donors (Lipinski definition) is 2. The van der Waals surface area contributed by atoms with Crippen molar-refractivity contribution in [1.82, 2.24) is 9.97 Å². The molecule has 0 unspecified atom stereocenters. The molecule has 0 atom stereocenters. The minimum Gasteiger partial charge on any atom is -0.477 e. The van der Waals surface area contributed by atoms with E-state index in [-0.39, 0.29) is 5.56 Å². The quantitative estimate of drug-likeness (QED) is 0.818. The van der Waals surface area contributed by atoms with Crippen LogP contribution in [0, 0.1) is 0 Å². The number of ether oxygens (including phenoxy) is 1. The zero-order valence-corrected chi connectivity index (χ0v) is 12.9. The van der Waals surface area contributed by atoms with Crippen molar-refractivity contribution >= 4 is 23.3 Å². The molecule has 2 rings (SSSR count). The fourth-order valence-corrected chi connectivity index (χ4v) is 2.00. The van der Waals surface area contributed by atoms with E-state index < -0.39 is 5.91 Å². The predicted octanol–water partition coefficient (Wildman–Crippen LogP) is 2.63. The van der Waals surface area contributed by atoms with Gasteiger partial charge in [-0.15, -0.1) is 0 Å². The van der Waals surface area contributed by atoms with E-state index in [0.717, 1.165) is 12.0 Å². The van der Waals surface area contributed by atoms with Crippen LogP contribution in [0.1, 0.15) is 29.3 Å². The van der Waals surface area contributed by atoms with Gasteiger partial charge in [0.25, 0.3) is 0 Å². The molecular weight excluding hydrogens is 304 g/mol. The fraction of sp³-hybridized carbons (Fsp3) is 0.267. The first-order chi connectivity index (χ1) is 10.6. The molecular formula is C15H17ClN4O2. The molecule has 0 spiro atoms. The van der Waals surface area contributed by atoms with Crippen LogP contribution in [-0.2, 0) is 6.54 Å². The molecule has 22 heavy (non-hydrogen) atoms. The summed E-state index contributed by atoms with van der Waals surface area (Å²) in [5, 5.41) is 3.43. The van der Waals surface area contributed by atoms with E-state index in [9.17, 15) is 4.79 Å². The number of carbonyl (C=O) groups is 1. The number of halogens is 1. The van der Waals surface area contributed by atoms with E-state index in [1.165, 1.54) is 12.3 Å². The topological polar surface area (TPSA) is 90.1 Å². The van der Waals surface area contributed by atoms with Crippen LogP contribution >= 0.6 is 11.6 Å². The van der Waals surface area contributed by atoms with E-state index >= 15 is 0 Å². The Balaban J connectivity index is 2.08. The molecule has 0 aliphatic carbocycles. The lowest BCUT2D eigenvalue weighted by Crippen LogP contribution is -2.12. The number of nitrogens with two attached hydrogens (primary N) is 1. The molecule has 0 saturated heterocycles. The van der Waals surface area contributed by atoms with Crippen molar-refractivity contribution in [2.45, 2.75) is 19.9 Å². The molecule has 1 amide bonds. The Morgan fingerprint density at radius 1 is 1.45 bits per heavy atom. The molecule has 0 aromatic carbocycles. The number of primary amides is 1. The van der Waals surface area contributed by atoms with Crippen LogP contribution in [0.2, 0.25) is 5.02 Å². The Morgan fingerprint density at radius 3 is 2.95 bits per heavy atom. The van der Waals surface area contributed by atoms with Crippen molar-refractivity contribution in [2.24, 2.45) is 5.73 Å². The van der Waals surface area contributed by atoms with E-state index in [1.807, 2.05) is 19.1 Å². The van der Waals surface area contributed by atoms with Crippen LogP contribution in [0.25, 0.3) is 0 Å². The highest BCUT2D eigenvalue weighted by atomic mass is 35.5. The summed E-state index contributed by atoms with van der Waals surface area (Å²) in [5.74, 6) is 0.488. The molecule has 3 N–H and O–H groups in total. The lowest BCUT2D eigenvalue weighted by molar-refractivity contribution is 0.1000. The van der Waals surface area contributed by atoms with Crippen molar-refractivity contribution in [3.63, 3.8) is 0 Å². The number of nitrogens with zero attached hydrogens (tertiary/aromatic N) is 2. The van der Waals surface area contributed by atoms with Gasteiger partial charge in [0.1, 0.15) is 5.82 Å². The van der Waals surface area contributed by atoms with Gasteiger partial charge in [0.2, 0.25) is 11.8 Å². The molecule has 2 aromatic heterocycles. The van der Waals surface area contributed by atoms with Crippen molar-refractivity contribution < 1.29 is 9.53 Å². The summed E-state index contributed by atoms with van der Waals surface area (Å²) in [6.07, 6.45) is 3.97. The van der Waals surface area contributed by atoms with Crippen LogP contribution in [-0.4, -0.2) is 22.5 Å². The molecule has 0 aliphatic heterocycles. The number of hydrogen-bond acceptors (Lipinski definition) is 5. The molecule has 2 heterocycles. The molecule has 0 saturated carbocycles. The van der Waals surface area contributed by atoms with Crippen LogP contribution in [0.15, 0.2) is 30.6 Å². The Kier molecular flexibility index (Phi) is 5.55. The zero-order chi connectivity index (χ0) is 15.9. The second-order valence-corrected chi connectivity index (χ2v) is 5.00. The van der Waals surface area contributed by atoms with Crippen LogP contribution in [0.5, 0.6) is 5.88 Å². The number of rotatable bonds is 7. The lowest BCUT2D eigenvalue weighted by Gasteiger charge is -2.11. The first-order valence-electron chi connectivity index (χ1n) is 6.87. The maximum atomic E-state index is 11.1. The van der Waals surface area contributed by atoms with Crippen molar-refractivity contribution in [2.75, 3.05) is 11.9 Å². The summed E-state index contributed by atoms with van der Waals surface area (Å²) in [5.41, 5.74) is 6.34. The van der Waals surface area contributed by atoms with E-state index in [1.54, 1.807) is 6.20 Å². The summed E-state index contributed by atoms with van der Waals surface area (Å²) in [7, 11) is 0. The molecule has 116 valence electrons. The standard InChI is InChI=1S/C15H17ClN4O2/c1-2-6-22-15-10(4-3-5-18-15)8-19-14-12(16)7-11(9-20-14)13(17)21/h3-5,7,9H,2,6,8H2,1H3,(H2,17,21)(H,19,20). The van der Waals surface area contributed by atoms with Gasteiger partial charge in [0, 0.05) is 24.5 Å². The maximum Gasteiger partial charge on any atom is 0.250 e. The predicted molar refractivity (Wildman–Crippen MR) is 85.1 cm³/mol. The molecule has 0 radical (unpaired) electrons. The molecule has 0 fully saturated rings. The number of pyridine rings is 2. The normalized spacial score (nSPS) is 10.3. The van der Waals surface area contributed by atoms with Crippen molar-refractivity contribution in [3.8, 4) is 5.88 Å². The minimum atomic E-state index is -0.566. The number of anilines is 1. The number of carbonyl (C=O) groups excluding carboxylic acids is 1. The number of amides is 1. The monoisotopic (exact) mass is 320 g/mol. The Hall–Kier alpha value is -2.34.